The summed E-state index contributed by atoms with van der Waals surface area (Å²) in [6, 6.07) is 21.5. The van der Waals surface area contributed by atoms with E-state index in [4.69, 9.17) is 0 Å². The van der Waals surface area contributed by atoms with Crippen molar-refractivity contribution in [3.05, 3.63) is 66.9 Å². The molecule has 2 heteroatoms. The monoisotopic (exact) mass is 228 g/mol. The van der Waals surface area contributed by atoms with Crippen molar-refractivity contribution in [3.63, 3.8) is 0 Å². The second kappa shape index (κ2) is 3.64. The fraction of sp³-hybridized carbons (Fsp3) is 0. The Morgan fingerprint density at radius 1 is 0.722 bits per heavy atom. The summed E-state index contributed by atoms with van der Waals surface area (Å²) in [5.41, 5.74) is 1.22. The number of rotatable bonds is 0. The van der Waals surface area contributed by atoms with Crippen LogP contribution in [-0.2, 0) is 0 Å². The van der Waals surface area contributed by atoms with Crippen molar-refractivity contribution in [3.8, 4) is 0 Å². The first kappa shape index (κ1) is 9.78. The molecule has 2 heterocycles. The average molecular weight is 228 g/mol. The first-order chi connectivity index (χ1) is 8.90. The van der Waals surface area contributed by atoms with Gasteiger partial charge in [-0.15, -0.1) is 0 Å². The van der Waals surface area contributed by atoms with Gasteiger partial charge in [0.2, 0.25) is 0 Å². The molecule has 4 aromatic rings. The summed E-state index contributed by atoms with van der Waals surface area (Å²) in [4.78, 5) is 0. The number of hydrogen-bond donors (Lipinski definition) is 0. The van der Waals surface area contributed by atoms with Gasteiger partial charge in [-0.2, -0.15) is 0 Å². The molecule has 2 aromatic heterocycles. The standard InChI is InChI=1S/C16H11BN/c1-2-6-13-11-16-14(9-12(13)5-1)10-15-7-3-4-8-18(15)17-16/h1-11H/q+1. The van der Waals surface area contributed by atoms with E-state index < -0.39 is 0 Å². The van der Waals surface area contributed by atoms with Gasteiger partial charge in [0.1, 0.15) is 0 Å². The Morgan fingerprint density at radius 3 is 2.39 bits per heavy atom. The van der Waals surface area contributed by atoms with Crippen LogP contribution in [0.1, 0.15) is 0 Å². The maximum absolute atomic E-state index is 2.26. The Kier molecular flexibility index (Phi) is 1.98. The third-order valence-electron chi connectivity index (χ3n) is 3.46. The molecule has 0 aliphatic rings. The van der Waals surface area contributed by atoms with Crippen molar-refractivity contribution in [1.82, 2.24) is 0 Å². The minimum atomic E-state index is 1.22. The molecule has 18 heavy (non-hydrogen) atoms. The van der Waals surface area contributed by atoms with Crippen LogP contribution < -0.4 is 4.31 Å². The van der Waals surface area contributed by atoms with Crippen LogP contribution in [0.3, 0.4) is 0 Å². The molecule has 0 aliphatic carbocycles. The molecule has 0 saturated heterocycles. The van der Waals surface area contributed by atoms with Gasteiger partial charge < -0.3 is 0 Å². The average Bonchev–Trinajstić information content (AvgIpc) is 2.42. The van der Waals surface area contributed by atoms with Crippen molar-refractivity contribution in [2.45, 2.75) is 0 Å². The molecule has 0 saturated carbocycles. The summed E-state index contributed by atoms with van der Waals surface area (Å²) in [7, 11) is 2.19. The van der Waals surface area contributed by atoms with Crippen molar-refractivity contribution in [1.29, 1.82) is 0 Å². The van der Waals surface area contributed by atoms with Crippen molar-refractivity contribution in [2.24, 2.45) is 0 Å². The van der Waals surface area contributed by atoms with E-state index in [-0.39, 0.29) is 0 Å². The number of fused-ring (bicyclic) bond motifs is 3. The van der Waals surface area contributed by atoms with Gasteiger partial charge >= 0.3 is 105 Å². The molecular weight excluding hydrogens is 217 g/mol. The number of pyridine rings is 1. The number of benzene rings is 2. The summed E-state index contributed by atoms with van der Waals surface area (Å²) in [5.74, 6) is 0. The molecule has 0 bridgehead atoms. The van der Waals surface area contributed by atoms with Crippen LogP contribution in [0.15, 0.2) is 66.9 Å². The number of nitrogens with zero attached hydrogens (tertiary/aromatic N) is 1. The second-order valence-corrected chi connectivity index (χ2v) is 4.63. The third kappa shape index (κ3) is 1.42. The van der Waals surface area contributed by atoms with E-state index in [0.717, 1.165) is 0 Å². The van der Waals surface area contributed by atoms with Crippen LogP contribution in [-0.4, -0.2) is 7.05 Å². The second-order valence-electron chi connectivity index (χ2n) is 4.63. The zero-order valence-corrected chi connectivity index (χ0v) is 9.88. The van der Waals surface area contributed by atoms with E-state index in [1.54, 1.807) is 0 Å². The summed E-state index contributed by atoms with van der Waals surface area (Å²) in [6.07, 6.45) is 2.09. The molecule has 0 amide bonds. The van der Waals surface area contributed by atoms with Crippen LogP contribution in [0.25, 0.3) is 27.0 Å². The Labute approximate surface area is 106 Å². The van der Waals surface area contributed by atoms with Crippen LogP contribution >= 0.6 is 0 Å². The molecule has 0 aliphatic heterocycles. The summed E-state index contributed by atoms with van der Waals surface area (Å²) < 4.78 is 2.16. The summed E-state index contributed by atoms with van der Waals surface area (Å²) in [5, 5.41) is 5.16. The Bertz CT molecular complexity index is 739. The zero-order chi connectivity index (χ0) is 11.9. The Hall–Kier alpha value is -2.22. The third-order valence-corrected chi connectivity index (χ3v) is 3.46. The zero-order valence-electron chi connectivity index (χ0n) is 9.88. The predicted octanol–water partition coefficient (Wildman–Crippen LogP) is 3.07. The molecule has 0 radical (unpaired) electrons. The van der Waals surface area contributed by atoms with Gasteiger partial charge in [0, 0.05) is 0 Å². The number of aromatic nitrogens is 1. The minimum absolute atomic E-state index is 1.22. The molecule has 4 rings (SSSR count). The first-order valence-electron chi connectivity index (χ1n) is 6.13. The van der Waals surface area contributed by atoms with Gasteiger partial charge in [-0.3, -0.25) is 0 Å². The van der Waals surface area contributed by atoms with E-state index in [0.29, 0.717) is 0 Å². The van der Waals surface area contributed by atoms with E-state index in [9.17, 15) is 0 Å². The van der Waals surface area contributed by atoms with Crippen LogP contribution in [0.4, 0.5) is 0 Å². The molecule has 0 fully saturated rings. The van der Waals surface area contributed by atoms with E-state index in [1.165, 1.54) is 27.0 Å². The Morgan fingerprint density at radius 2 is 1.50 bits per heavy atom. The fourth-order valence-corrected chi connectivity index (χ4v) is 2.53. The SMILES string of the molecule is b1c2cc3ccccc3cc2cc2cccc[n+]12. The molecule has 1 nitrogen and oxygen atoms in total. The summed E-state index contributed by atoms with van der Waals surface area (Å²) >= 11 is 0. The Balaban J connectivity index is 2.20. The molecular formula is C16H11BN+. The molecule has 0 unspecified atom stereocenters. The number of hydrogen-bond acceptors (Lipinski definition) is 0. The van der Waals surface area contributed by atoms with Gasteiger partial charge in [0.15, 0.2) is 0 Å². The van der Waals surface area contributed by atoms with Crippen molar-refractivity contribution >= 4 is 34.0 Å². The maximum atomic E-state index is 2.26. The van der Waals surface area contributed by atoms with Crippen LogP contribution in [0, 0.1) is 0 Å². The van der Waals surface area contributed by atoms with E-state index in [1.807, 2.05) is 0 Å². The topological polar surface area (TPSA) is 4.10 Å². The molecule has 0 atom stereocenters. The van der Waals surface area contributed by atoms with E-state index in [2.05, 4.69) is 78.2 Å². The molecule has 0 N–H and O–H groups in total. The molecule has 2 aromatic carbocycles. The van der Waals surface area contributed by atoms with Gasteiger partial charge in [0.05, 0.1) is 0 Å². The molecule has 0 spiro atoms. The quantitative estimate of drug-likeness (QED) is 0.407. The fourth-order valence-electron chi connectivity index (χ4n) is 2.53. The van der Waals surface area contributed by atoms with Crippen molar-refractivity contribution < 1.29 is 4.31 Å². The van der Waals surface area contributed by atoms with E-state index >= 15 is 0 Å². The van der Waals surface area contributed by atoms with Crippen molar-refractivity contribution in [2.75, 3.05) is 0 Å². The van der Waals surface area contributed by atoms with Gasteiger partial charge in [0.25, 0.3) is 0 Å². The van der Waals surface area contributed by atoms with Gasteiger partial charge in [-0.25, -0.2) is 0 Å². The van der Waals surface area contributed by atoms with Crippen LogP contribution in [0.2, 0.25) is 0 Å². The van der Waals surface area contributed by atoms with Crippen LogP contribution in [0.5, 0.6) is 0 Å². The molecule has 82 valence electrons. The predicted molar refractivity (Wildman–Crippen MR) is 76.0 cm³/mol. The first-order valence-corrected chi connectivity index (χ1v) is 6.13. The van der Waals surface area contributed by atoms with Gasteiger partial charge in [-0.05, 0) is 0 Å². The normalized spacial score (nSPS) is 11.1. The summed E-state index contributed by atoms with van der Waals surface area (Å²) in [6.45, 7) is 0. The van der Waals surface area contributed by atoms with Gasteiger partial charge in [-0.1, -0.05) is 0 Å².